The standard InChI is InChI=1S/C18H17F2N3/c1-13(14-6-3-2-4-7-14)10-15-11-23(22-21-15)12-16-17(19)8-5-9-18(16)20/h2-9,11,13H,10,12H2,1H3/t13-/m1/s1. The Kier molecular flexibility index (Phi) is 4.46. The van der Waals surface area contributed by atoms with Crippen LogP contribution >= 0.6 is 0 Å². The van der Waals surface area contributed by atoms with Crippen molar-refractivity contribution >= 4 is 0 Å². The molecule has 1 atom stereocenters. The van der Waals surface area contributed by atoms with Gasteiger partial charge in [0.1, 0.15) is 11.6 Å². The van der Waals surface area contributed by atoms with E-state index in [1.165, 1.54) is 28.4 Å². The second-order valence-electron chi connectivity index (χ2n) is 5.62. The molecule has 0 saturated carbocycles. The zero-order chi connectivity index (χ0) is 16.2. The van der Waals surface area contributed by atoms with Gasteiger partial charge in [-0.3, -0.25) is 0 Å². The summed E-state index contributed by atoms with van der Waals surface area (Å²) in [6.07, 6.45) is 2.47. The zero-order valence-electron chi connectivity index (χ0n) is 12.8. The molecule has 3 rings (SSSR count). The normalized spacial score (nSPS) is 12.3. The van der Waals surface area contributed by atoms with Crippen LogP contribution in [-0.4, -0.2) is 15.0 Å². The summed E-state index contributed by atoms with van der Waals surface area (Å²) in [5.41, 5.74) is 2.03. The summed E-state index contributed by atoms with van der Waals surface area (Å²) < 4.78 is 28.8. The van der Waals surface area contributed by atoms with Crippen LogP contribution in [0.25, 0.3) is 0 Å². The highest BCUT2D eigenvalue weighted by molar-refractivity contribution is 5.21. The second-order valence-corrected chi connectivity index (χ2v) is 5.62. The third kappa shape index (κ3) is 3.62. The molecule has 1 aromatic heterocycles. The molecule has 5 heteroatoms. The molecule has 1 heterocycles. The molecular formula is C18H17F2N3. The monoisotopic (exact) mass is 313 g/mol. The van der Waals surface area contributed by atoms with Crippen LogP contribution in [0.3, 0.4) is 0 Å². The predicted molar refractivity (Wildman–Crippen MR) is 84.0 cm³/mol. The van der Waals surface area contributed by atoms with E-state index in [-0.39, 0.29) is 12.1 Å². The molecule has 0 amide bonds. The lowest BCUT2D eigenvalue weighted by Crippen LogP contribution is -2.05. The minimum absolute atomic E-state index is 0.0000536. The average molecular weight is 313 g/mol. The fourth-order valence-corrected chi connectivity index (χ4v) is 2.57. The Morgan fingerprint density at radius 2 is 1.70 bits per heavy atom. The maximum Gasteiger partial charge on any atom is 0.131 e. The molecule has 0 saturated heterocycles. The smallest absolute Gasteiger partial charge is 0.131 e. The lowest BCUT2D eigenvalue weighted by Gasteiger charge is -2.09. The average Bonchev–Trinajstić information content (AvgIpc) is 2.99. The molecule has 0 fully saturated rings. The molecule has 0 radical (unpaired) electrons. The fourth-order valence-electron chi connectivity index (χ4n) is 2.57. The van der Waals surface area contributed by atoms with Crippen LogP contribution in [0.5, 0.6) is 0 Å². The fraction of sp³-hybridized carbons (Fsp3) is 0.222. The van der Waals surface area contributed by atoms with Gasteiger partial charge in [-0.15, -0.1) is 5.10 Å². The van der Waals surface area contributed by atoms with Gasteiger partial charge in [-0.2, -0.15) is 0 Å². The van der Waals surface area contributed by atoms with E-state index in [0.717, 1.165) is 12.1 Å². The Labute approximate surface area is 133 Å². The number of halogens is 2. The molecule has 0 aliphatic heterocycles. The zero-order valence-corrected chi connectivity index (χ0v) is 12.8. The summed E-state index contributed by atoms with van der Waals surface area (Å²) in [4.78, 5) is 0. The van der Waals surface area contributed by atoms with Gasteiger partial charge in [0, 0.05) is 11.8 Å². The maximum absolute atomic E-state index is 13.7. The summed E-state index contributed by atoms with van der Waals surface area (Å²) >= 11 is 0. The predicted octanol–water partition coefficient (Wildman–Crippen LogP) is 3.95. The van der Waals surface area contributed by atoms with Crippen molar-refractivity contribution in [2.24, 2.45) is 0 Å². The molecule has 118 valence electrons. The first kappa shape index (κ1) is 15.3. The number of hydrogen-bond donors (Lipinski definition) is 0. The highest BCUT2D eigenvalue weighted by Gasteiger charge is 2.12. The maximum atomic E-state index is 13.7. The summed E-state index contributed by atoms with van der Waals surface area (Å²) in [7, 11) is 0. The van der Waals surface area contributed by atoms with Gasteiger partial charge in [-0.1, -0.05) is 48.5 Å². The van der Waals surface area contributed by atoms with Crippen molar-refractivity contribution in [2.45, 2.75) is 25.8 Å². The van der Waals surface area contributed by atoms with Gasteiger partial charge in [0.25, 0.3) is 0 Å². The summed E-state index contributed by atoms with van der Waals surface area (Å²) in [5, 5.41) is 8.08. The first-order chi connectivity index (χ1) is 11.1. The SMILES string of the molecule is C[C@H](Cc1cn(Cc2c(F)cccc2F)nn1)c1ccccc1. The third-order valence-electron chi connectivity index (χ3n) is 3.85. The Morgan fingerprint density at radius 3 is 2.39 bits per heavy atom. The summed E-state index contributed by atoms with van der Waals surface area (Å²) in [5.74, 6) is -0.842. The van der Waals surface area contributed by atoms with E-state index in [0.29, 0.717) is 5.92 Å². The van der Waals surface area contributed by atoms with Gasteiger partial charge in [-0.05, 0) is 30.0 Å². The molecule has 23 heavy (non-hydrogen) atoms. The van der Waals surface area contributed by atoms with Crippen LogP contribution in [0, 0.1) is 11.6 Å². The molecular weight excluding hydrogens is 296 g/mol. The van der Waals surface area contributed by atoms with E-state index < -0.39 is 11.6 Å². The van der Waals surface area contributed by atoms with Crippen LogP contribution in [0.2, 0.25) is 0 Å². The Balaban J connectivity index is 1.71. The molecule has 0 aliphatic rings. The van der Waals surface area contributed by atoms with E-state index in [4.69, 9.17) is 0 Å². The highest BCUT2D eigenvalue weighted by atomic mass is 19.1. The van der Waals surface area contributed by atoms with Crippen molar-refractivity contribution in [1.29, 1.82) is 0 Å². The number of nitrogens with zero attached hydrogens (tertiary/aromatic N) is 3. The number of aromatic nitrogens is 3. The van der Waals surface area contributed by atoms with Gasteiger partial charge >= 0.3 is 0 Å². The first-order valence-corrected chi connectivity index (χ1v) is 7.50. The Morgan fingerprint density at radius 1 is 1.00 bits per heavy atom. The number of benzene rings is 2. The quantitative estimate of drug-likeness (QED) is 0.714. The van der Waals surface area contributed by atoms with Crippen LogP contribution < -0.4 is 0 Å². The van der Waals surface area contributed by atoms with Crippen molar-refractivity contribution in [3.05, 3.63) is 83.2 Å². The van der Waals surface area contributed by atoms with E-state index >= 15 is 0 Å². The molecule has 0 aliphatic carbocycles. The number of hydrogen-bond acceptors (Lipinski definition) is 2. The van der Waals surface area contributed by atoms with Gasteiger partial charge in [-0.25, -0.2) is 13.5 Å². The van der Waals surface area contributed by atoms with Gasteiger partial charge < -0.3 is 0 Å². The second kappa shape index (κ2) is 6.69. The molecule has 0 N–H and O–H groups in total. The minimum Gasteiger partial charge on any atom is -0.248 e. The van der Waals surface area contributed by atoms with Gasteiger partial charge in [0.05, 0.1) is 12.2 Å². The van der Waals surface area contributed by atoms with Crippen molar-refractivity contribution in [3.8, 4) is 0 Å². The van der Waals surface area contributed by atoms with Crippen LogP contribution in [0.15, 0.2) is 54.7 Å². The molecule has 0 spiro atoms. The van der Waals surface area contributed by atoms with E-state index in [2.05, 4.69) is 29.4 Å². The van der Waals surface area contributed by atoms with Crippen LogP contribution in [-0.2, 0) is 13.0 Å². The van der Waals surface area contributed by atoms with Crippen molar-refractivity contribution in [2.75, 3.05) is 0 Å². The molecule has 3 aromatic rings. The topological polar surface area (TPSA) is 30.7 Å². The summed E-state index contributed by atoms with van der Waals surface area (Å²) in [6, 6.07) is 14.0. The summed E-state index contributed by atoms with van der Waals surface area (Å²) in [6.45, 7) is 2.15. The largest absolute Gasteiger partial charge is 0.248 e. The molecule has 2 aromatic carbocycles. The van der Waals surface area contributed by atoms with Gasteiger partial charge in [0.15, 0.2) is 0 Å². The first-order valence-electron chi connectivity index (χ1n) is 7.50. The molecule has 3 nitrogen and oxygen atoms in total. The van der Waals surface area contributed by atoms with Crippen LogP contribution in [0.4, 0.5) is 8.78 Å². The minimum atomic E-state index is -0.570. The Bertz CT molecular complexity index is 764. The highest BCUT2D eigenvalue weighted by Crippen LogP contribution is 2.19. The van der Waals surface area contributed by atoms with Crippen molar-refractivity contribution in [3.63, 3.8) is 0 Å². The van der Waals surface area contributed by atoms with Gasteiger partial charge in [0.2, 0.25) is 0 Å². The number of rotatable bonds is 5. The van der Waals surface area contributed by atoms with E-state index in [1.54, 1.807) is 6.20 Å². The van der Waals surface area contributed by atoms with Crippen LogP contribution in [0.1, 0.15) is 29.7 Å². The van der Waals surface area contributed by atoms with Crippen molar-refractivity contribution < 1.29 is 8.78 Å². The van der Waals surface area contributed by atoms with E-state index in [9.17, 15) is 8.78 Å². The molecule has 0 unspecified atom stereocenters. The molecule has 0 bridgehead atoms. The lowest BCUT2D eigenvalue weighted by molar-refractivity contribution is 0.528. The Hall–Kier alpha value is -2.56. The lowest BCUT2D eigenvalue weighted by atomic mass is 9.97. The van der Waals surface area contributed by atoms with Crippen molar-refractivity contribution in [1.82, 2.24) is 15.0 Å². The van der Waals surface area contributed by atoms with E-state index in [1.807, 2.05) is 18.2 Å². The third-order valence-corrected chi connectivity index (χ3v) is 3.85.